The summed E-state index contributed by atoms with van der Waals surface area (Å²) in [5, 5.41) is 3.58. The first kappa shape index (κ1) is 18.9. The quantitative estimate of drug-likeness (QED) is 0.635. The van der Waals surface area contributed by atoms with Gasteiger partial charge >= 0.3 is 0 Å². The number of hydrogen-bond donors (Lipinski definition) is 1. The molecule has 3 heterocycles. The van der Waals surface area contributed by atoms with Crippen LogP contribution in [-0.4, -0.2) is 59.6 Å². The number of anilines is 1. The molecule has 0 bridgehead atoms. The molecule has 1 aromatic heterocycles. The first-order valence-corrected chi connectivity index (χ1v) is 11.6. The Bertz CT molecular complexity index is 627. The van der Waals surface area contributed by atoms with Gasteiger partial charge in [-0.15, -0.1) is 0 Å². The van der Waals surface area contributed by atoms with Crippen molar-refractivity contribution >= 4 is 23.5 Å². The Hall–Kier alpha value is -1.43. The van der Waals surface area contributed by atoms with E-state index in [0.717, 1.165) is 44.5 Å². The topological polar surface area (TPSA) is 43.8 Å². The van der Waals surface area contributed by atoms with Crippen LogP contribution >= 0.6 is 11.8 Å². The van der Waals surface area contributed by atoms with Gasteiger partial charge in [-0.25, -0.2) is 4.98 Å². The smallest absolute Gasteiger partial charge is 0.193 e. The minimum absolute atomic E-state index is 0.465. The Balaban J connectivity index is 1.33. The molecule has 0 radical (unpaired) electrons. The largest absolute Gasteiger partial charge is 0.357 e. The van der Waals surface area contributed by atoms with Crippen LogP contribution in [-0.2, 0) is 6.54 Å². The summed E-state index contributed by atoms with van der Waals surface area (Å²) in [6, 6.07) is 4.37. The maximum atomic E-state index is 4.67. The maximum absolute atomic E-state index is 4.67. The Morgan fingerprint density at radius 2 is 1.96 bits per heavy atom. The molecule has 2 saturated heterocycles. The molecule has 0 aromatic carbocycles. The van der Waals surface area contributed by atoms with E-state index in [0.29, 0.717) is 4.75 Å². The van der Waals surface area contributed by atoms with E-state index in [2.05, 4.69) is 49.0 Å². The summed E-state index contributed by atoms with van der Waals surface area (Å²) in [6.45, 7) is 5.32. The molecule has 1 N–H and O–H groups in total. The molecule has 3 aliphatic rings. The van der Waals surface area contributed by atoms with Crippen LogP contribution in [0.25, 0.3) is 0 Å². The molecular weight excluding hydrogens is 354 g/mol. The monoisotopic (exact) mass is 387 g/mol. The highest BCUT2D eigenvalue weighted by Crippen LogP contribution is 2.42. The molecule has 1 aromatic rings. The predicted molar refractivity (Wildman–Crippen MR) is 116 cm³/mol. The molecule has 1 spiro atoms. The summed E-state index contributed by atoms with van der Waals surface area (Å²) >= 11 is 2.21. The number of nitrogens with one attached hydrogen (secondary N) is 1. The Labute approximate surface area is 168 Å². The minimum atomic E-state index is 0.465. The van der Waals surface area contributed by atoms with Crippen LogP contribution in [0.3, 0.4) is 0 Å². The standard InChI is InChI=1S/C21H33N5S/c1-22-20(26-13-14-27-21(17-26)9-3-2-4-10-21)24-16-18-7-8-19(23-15-18)25-11-5-6-12-25/h7-8,15H,2-6,9-14,16-17H2,1H3,(H,22,24). The van der Waals surface area contributed by atoms with Gasteiger partial charge < -0.3 is 15.1 Å². The summed E-state index contributed by atoms with van der Waals surface area (Å²) in [4.78, 5) is 14.1. The second kappa shape index (κ2) is 8.72. The average molecular weight is 388 g/mol. The fourth-order valence-corrected chi connectivity index (χ4v) is 6.26. The van der Waals surface area contributed by atoms with Crippen LogP contribution in [0.15, 0.2) is 23.3 Å². The molecule has 3 fully saturated rings. The third-order valence-electron chi connectivity index (χ3n) is 6.21. The van der Waals surface area contributed by atoms with Crippen molar-refractivity contribution in [3.8, 4) is 0 Å². The minimum Gasteiger partial charge on any atom is -0.357 e. The van der Waals surface area contributed by atoms with E-state index >= 15 is 0 Å². The highest BCUT2D eigenvalue weighted by molar-refractivity contribution is 8.00. The predicted octanol–water partition coefficient (Wildman–Crippen LogP) is 3.51. The lowest BCUT2D eigenvalue weighted by Crippen LogP contribution is -2.53. The number of aliphatic imine (C=N–C) groups is 1. The number of thioether (sulfide) groups is 1. The average Bonchev–Trinajstić information content (AvgIpc) is 3.25. The van der Waals surface area contributed by atoms with Crippen LogP contribution in [0.4, 0.5) is 5.82 Å². The molecule has 6 heteroatoms. The molecule has 2 aliphatic heterocycles. The van der Waals surface area contributed by atoms with Gasteiger partial charge in [0, 0.05) is 56.5 Å². The number of guanidine groups is 1. The van der Waals surface area contributed by atoms with Crippen molar-refractivity contribution in [2.45, 2.75) is 56.2 Å². The fraction of sp³-hybridized carbons (Fsp3) is 0.714. The molecule has 0 amide bonds. The van der Waals surface area contributed by atoms with Gasteiger partial charge in [0.2, 0.25) is 0 Å². The molecule has 0 unspecified atom stereocenters. The Kier molecular flexibility index (Phi) is 6.11. The zero-order chi connectivity index (χ0) is 18.5. The summed E-state index contributed by atoms with van der Waals surface area (Å²) in [5.41, 5.74) is 1.22. The highest BCUT2D eigenvalue weighted by Gasteiger charge is 2.38. The van der Waals surface area contributed by atoms with Gasteiger partial charge in [0.15, 0.2) is 5.96 Å². The molecule has 4 rings (SSSR count). The molecule has 0 atom stereocenters. The normalized spacial score (nSPS) is 23.1. The van der Waals surface area contributed by atoms with Gasteiger partial charge in [-0.05, 0) is 37.3 Å². The Morgan fingerprint density at radius 1 is 1.15 bits per heavy atom. The van der Waals surface area contributed by atoms with Crippen molar-refractivity contribution in [3.63, 3.8) is 0 Å². The number of rotatable bonds is 3. The lowest BCUT2D eigenvalue weighted by atomic mass is 9.87. The highest BCUT2D eigenvalue weighted by atomic mass is 32.2. The van der Waals surface area contributed by atoms with Crippen molar-refractivity contribution in [2.24, 2.45) is 4.99 Å². The van der Waals surface area contributed by atoms with Crippen LogP contribution in [0.1, 0.15) is 50.5 Å². The SMILES string of the molecule is CN=C(NCc1ccc(N2CCCC2)nc1)N1CCSC2(CCCCC2)C1. The number of nitrogens with zero attached hydrogens (tertiary/aromatic N) is 4. The number of aromatic nitrogens is 1. The molecule has 1 saturated carbocycles. The number of hydrogen-bond acceptors (Lipinski definition) is 4. The Morgan fingerprint density at radius 3 is 2.67 bits per heavy atom. The molecular formula is C21H33N5S. The molecule has 5 nitrogen and oxygen atoms in total. The van der Waals surface area contributed by atoms with Crippen LogP contribution < -0.4 is 10.2 Å². The second-order valence-corrected chi connectivity index (χ2v) is 9.70. The van der Waals surface area contributed by atoms with E-state index in [9.17, 15) is 0 Å². The van der Waals surface area contributed by atoms with Gasteiger partial charge in [0.1, 0.15) is 5.82 Å². The van der Waals surface area contributed by atoms with E-state index in [1.54, 1.807) is 0 Å². The fourth-order valence-electron chi connectivity index (χ4n) is 4.69. The van der Waals surface area contributed by atoms with Crippen LogP contribution in [0.5, 0.6) is 0 Å². The van der Waals surface area contributed by atoms with Crippen LogP contribution in [0, 0.1) is 0 Å². The lowest BCUT2D eigenvalue weighted by Gasteiger charge is -2.45. The third-order valence-corrected chi connectivity index (χ3v) is 7.75. The van der Waals surface area contributed by atoms with Gasteiger partial charge in [-0.2, -0.15) is 11.8 Å². The van der Waals surface area contributed by atoms with Gasteiger partial charge in [0.25, 0.3) is 0 Å². The first-order valence-electron chi connectivity index (χ1n) is 10.6. The van der Waals surface area contributed by atoms with E-state index < -0.39 is 0 Å². The third kappa shape index (κ3) is 4.53. The number of pyridine rings is 1. The second-order valence-electron chi connectivity index (χ2n) is 8.13. The first-order chi connectivity index (χ1) is 13.3. The van der Waals surface area contributed by atoms with Crippen molar-refractivity contribution in [2.75, 3.05) is 43.9 Å². The lowest BCUT2D eigenvalue weighted by molar-refractivity contribution is 0.293. The van der Waals surface area contributed by atoms with Gasteiger partial charge in [0.05, 0.1) is 0 Å². The van der Waals surface area contributed by atoms with E-state index in [-0.39, 0.29) is 0 Å². The summed E-state index contributed by atoms with van der Waals surface area (Å²) < 4.78 is 0.465. The van der Waals surface area contributed by atoms with Crippen LogP contribution in [0.2, 0.25) is 0 Å². The van der Waals surface area contributed by atoms with E-state index in [4.69, 9.17) is 0 Å². The summed E-state index contributed by atoms with van der Waals surface area (Å²) in [5.74, 6) is 3.38. The zero-order valence-corrected chi connectivity index (χ0v) is 17.4. The molecule has 27 heavy (non-hydrogen) atoms. The van der Waals surface area contributed by atoms with Gasteiger partial charge in [-0.3, -0.25) is 4.99 Å². The summed E-state index contributed by atoms with van der Waals surface area (Å²) in [6.07, 6.45) is 11.5. The van der Waals surface area contributed by atoms with Crippen molar-refractivity contribution in [3.05, 3.63) is 23.9 Å². The zero-order valence-electron chi connectivity index (χ0n) is 16.6. The summed E-state index contributed by atoms with van der Waals surface area (Å²) in [7, 11) is 1.91. The van der Waals surface area contributed by atoms with Crippen molar-refractivity contribution in [1.82, 2.24) is 15.2 Å². The van der Waals surface area contributed by atoms with E-state index in [1.165, 1.54) is 56.3 Å². The maximum Gasteiger partial charge on any atom is 0.193 e. The van der Waals surface area contributed by atoms with Crippen molar-refractivity contribution < 1.29 is 0 Å². The van der Waals surface area contributed by atoms with Gasteiger partial charge in [-0.1, -0.05) is 25.3 Å². The molecule has 148 valence electrons. The van der Waals surface area contributed by atoms with E-state index in [1.807, 2.05) is 13.2 Å². The van der Waals surface area contributed by atoms with Crippen molar-refractivity contribution in [1.29, 1.82) is 0 Å². The molecule has 1 aliphatic carbocycles.